The predicted molar refractivity (Wildman–Crippen MR) is 268 cm³/mol. The molecule has 0 aliphatic carbocycles. The third-order valence-electron chi connectivity index (χ3n) is 10.4. The molecular weight excluding hydrogens is 808 g/mol. The molecule has 0 heterocycles. The van der Waals surface area contributed by atoms with Crippen molar-refractivity contribution in [3.05, 3.63) is 97.2 Å². The van der Waals surface area contributed by atoms with Crippen LogP contribution in [0.3, 0.4) is 0 Å². The molecule has 10 heteroatoms. The zero-order chi connectivity index (χ0) is 46.5. The summed E-state index contributed by atoms with van der Waals surface area (Å²) in [6, 6.07) is -1.07. The molecule has 0 radical (unpaired) electrons. The maximum Gasteiger partial charge on any atom is 0.472 e. The van der Waals surface area contributed by atoms with Gasteiger partial charge in [0.05, 0.1) is 39.9 Å². The smallest absolute Gasteiger partial charge is 0.390 e. The number of phosphoric ester groups is 1. The van der Waals surface area contributed by atoms with Gasteiger partial charge in [-0.1, -0.05) is 162 Å². The van der Waals surface area contributed by atoms with Gasteiger partial charge in [0.15, 0.2) is 0 Å². The quantitative estimate of drug-likeness (QED) is 0.0208. The van der Waals surface area contributed by atoms with Gasteiger partial charge in [0, 0.05) is 6.42 Å². The fourth-order valence-electron chi connectivity index (χ4n) is 6.45. The number of hydrogen-bond donors (Lipinski definition) is 4. The first kappa shape index (κ1) is 60.4. The van der Waals surface area contributed by atoms with Gasteiger partial charge < -0.3 is 24.9 Å². The van der Waals surface area contributed by atoms with Gasteiger partial charge in [-0.2, -0.15) is 0 Å². The molecule has 63 heavy (non-hydrogen) atoms. The lowest BCUT2D eigenvalue weighted by molar-refractivity contribution is -0.870. The second-order valence-corrected chi connectivity index (χ2v) is 19.0. The number of phosphoric acid groups is 1. The maximum atomic E-state index is 12.9. The highest BCUT2D eigenvalue weighted by molar-refractivity contribution is 7.47. The minimum atomic E-state index is -4.44. The summed E-state index contributed by atoms with van der Waals surface area (Å²) in [6.07, 6.45) is 57.6. The molecule has 0 aromatic rings. The number of nitrogens with zero attached hydrogens (tertiary/aromatic N) is 1. The van der Waals surface area contributed by atoms with Crippen LogP contribution in [0.15, 0.2) is 97.2 Å². The van der Waals surface area contributed by atoms with E-state index < -0.39 is 32.7 Å². The number of rotatable bonds is 43. The largest absolute Gasteiger partial charge is 0.472 e. The number of aliphatic hydroxyl groups excluding tert-OH is 2. The average molecular weight is 902 g/mol. The van der Waals surface area contributed by atoms with Crippen LogP contribution in [0.2, 0.25) is 0 Å². The molecular formula is C53H94N2O7P+. The van der Waals surface area contributed by atoms with Gasteiger partial charge in [-0.3, -0.25) is 13.8 Å². The van der Waals surface area contributed by atoms with Crippen molar-refractivity contribution in [3.63, 3.8) is 0 Å². The number of aliphatic hydroxyl groups is 2. The molecule has 0 saturated heterocycles. The van der Waals surface area contributed by atoms with Crippen LogP contribution in [0.5, 0.6) is 0 Å². The Morgan fingerprint density at radius 1 is 0.571 bits per heavy atom. The van der Waals surface area contributed by atoms with Crippen molar-refractivity contribution < 1.29 is 38.0 Å². The molecule has 0 fully saturated rings. The van der Waals surface area contributed by atoms with E-state index in [9.17, 15) is 24.5 Å². The number of allylic oxidation sites excluding steroid dienone is 16. The van der Waals surface area contributed by atoms with Gasteiger partial charge in [-0.15, -0.1) is 0 Å². The van der Waals surface area contributed by atoms with Crippen LogP contribution >= 0.6 is 7.82 Å². The van der Waals surface area contributed by atoms with Crippen LogP contribution in [0.4, 0.5) is 0 Å². The summed E-state index contributed by atoms with van der Waals surface area (Å²) in [7, 11) is 1.39. The standard InChI is InChI=1S/C53H93N2O7P/c1-6-8-10-12-14-16-18-20-21-22-23-24-25-26-27-28-29-30-31-32-33-34-36-38-40-42-44-46-52(57)54-50(49-62-63(59,60)61-48-47-55(3,4)5)53(58)51(56)45-43-41-39-37-35-19-17-15-13-11-9-7-2/h8,10,14-17,20-21,23-24,26-27,29-30,37,39,50-51,53,56,58H,6-7,9,11-13,18-19,22,25,28,31-36,38,40-49H2,1-5H3,(H-,54,57,59,60)/p+1/b10-8-,16-14-,17-15+,21-20-,24-23-,27-26-,30-29-,39-37+. The summed E-state index contributed by atoms with van der Waals surface area (Å²) < 4.78 is 23.5. The summed E-state index contributed by atoms with van der Waals surface area (Å²) in [5, 5.41) is 24.7. The molecule has 0 aliphatic heterocycles. The zero-order valence-electron chi connectivity index (χ0n) is 40.6. The van der Waals surface area contributed by atoms with Crippen molar-refractivity contribution in [2.24, 2.45) is 0 Å². The number of carbonyl (C=O) groups is 1. The van der Waals surface area contributed by atoms with E-state index in [0.29, 0.717) is 30.3 Å². The maximum absolute atomic E-state index is 12.9. The van der Waals surface area contributed by atoms with Crippen LogP contribution < -0.4 is 5.32 Å². The van der Waals surface area contributed by atoms with Crippen molar-refractivity contribution in [2.75, 3.05) is 40.9 Å². The molecule has 0 saturated carbocycles. The number of likely N-dealkylation sites (N-methyl/N-ethyl adjacent to an activating group) is 1. The Morgan fingerprint density at radius 3 is 1.51 bits per heavy atom. The Bertz CT molecular complexity index is 1360. The minimum absolute atomic E-state index is 0.00652. The van der Waals surface area contributed by atoms with Crippen molar-refractivity contribution in [1.82, 2.24) is 5.32 Å². The summed E-state index contributed by atoms with van der Waals surface area (Å²) >= 11 is 0. The van der Waals surface area contributed by atoms with E-state index in [-0.39, 0.29) is 18.9 Å². The lowest BCUT2D eigenvalue weighted by Gasteiger charge is -2.28. The van der Waals surface area contributed by atoms with E-state index in [1.54, 1.807) is 0 Å². The first-order chi connectivity index (χ1) is 30.4. The van der Waals surface area contributed by atoms with Gasteiger partial charge in [-0.25, -0.2) is 4.57 Å². The second-order valence-electron chi connectivity index (χ2n) is 17.6. The number of hydrogen-bond acceptors (Lipinski definition) is 6. The number of amides is 1. The molecule has 0 aromatic carbocycles. The van der Waals surface area contributed by atoms with Crippen molar-refractivity contribution in [2.45, 2.75) is 193 Å². The predicted octanol–water partition coefficient (Wildman–Crippen LogP) is 13.3. The molecule has 0 rings (SSSR count). The van der Waals surface area contributed by atoms with Gasteiger partial charge in [0.25, 0.3) is 0 Å². The molecule has 0 aromatic heterocycles. The van der Waals surface area contributed by atoms with Gasteiger partial charge in [0.1, 0.15) is 19.3 Å². The molecule has 0 spiro atoms. The molecule has 9 nitrogen and oxygen atoms in total. The summed E-state index contributed by atoms with van der Waals surface area (Å²) in [6.45, 7) is 4.40. The van der Waals surface area contributed by atoms with Crippen molar-refractivity contribution >= 4 is 13.7 Å². The van der Waals surface area contributed by atoms with E-state index >= 15 is 0 Å². The van der Waals surface area contributed by atoms with Crippen LogP contribution in [0.25, 0.3) is 0 Å². The summed E-state index contributed by atoms with van der Waals surface area (Å²) in [5.41, 5.74) is 0. The van der Waals surface area contributed by atoms with E-state index in [1.807, 2.05) is 21.1 Å². The average Bonchev–Trinajstić information content (AvgIpc) is 3.24. The molecule has 1 amide bonds. The third kappa shape index (κ3) is 44.4. The van der Waals surface area contributed by atoms with E-state index in [0.717, 1.165) is 89.9 Å². The Balaban J connectivity index is 4.40. The number of unbranched alkanes of at least 4 members (excludes halogenated alkanes) is 13. The number of nitrogens with one attached hydrogen (secondary N) is 1. The highest BCUT2D eigenvalue weighted by Crippen LogP contribution is 2.43. The van der Waals surface area contributed by atoms with Crippen molar-refractivity contribution in [1.29, 1.82) is 0 Å². The first-order valence-corrected chi connectivity index (χ1v) is 26.2. The Kier molecular flexibility index (Phi) is 41.5. The Morgan fingerprint density at radius 2 is 1.00 bits per heavy atom. The number of quaternary nitrogens is 1. The lowest BCUT2D eigenvalue weighted by atomic mass is 10.0. The second kappa shape index (κ2) is 43.3. The van der Waals surface area contributed by atoms with Gasteiger partial charge in [0.2, 0.25) is 5.91 Å². The number of carbonyl (C=O) groups excluding carboxylic acids is 1. The van der Waals surface area contributed by atoms with E-state index in [4.69, 9.17) is 9.05 Å². The van der Waals surface area contributed by atoms with Crippen molar-refractivity contribution in [3.8, 4) is 0 Å². The minimum Gasteiger partial charge on any atom is -0.390 e. The van der Waals surface area contributed by atoms with Crippen LogP contribution in [0.1, 0.15) is 174 Å². The first-order valence-electron chi connectivity index (χ1n) is 24.7. The molecule has 4 unspecified atom stereocenters. The summed E-state index contributed by atoms with van der Waals surface area (Å²) in [4.78, 5) is 23.2. The highest BCUT2D eigenvalue weighted by atomic mass is 31.2. The fourth-order valence-corrected chi connectivity index (χ4v) is 7.19. The van der Waals surface area contributed by atoms with Crippen LogP contribution in [0, 0.1) is 0 Å². The van der Waals surface area contributed by atoms with E-state index in [2.05, 4.69) is 116 Å². The molecule has 4 N–H and O–H groups in total. The zero-order valence-corrected chi connectivity index (χ0v) is 41.5. The lowest BCUT2D eigenvalue weighted by Crippen LogP contribution is -2.51. The SMILES string of the molecule is CC/C=C\C/C=C\C/C=C\C/C=C\C/C=C\C/C=C\CCCCCCCCCCC(=O)NC(COP(=O)(O)OCC[N+](C)(C)C)C(O)C(O)CCC/C=C/CC/C=C/CCCCC. The normalized spacial score (nSPS) is 15.5. The summed E-state index contributed by atoms with van der Waals surface area (Å²) in [5.74, 6) is -0.287. The molecule has 0 bridgehead atoms. The van der Waals surface area contributed by atoms with Crippen LogP contribution in [-0.4, -0.2) is 84.6 Å². The van der Waals surface area contributed by atoms with E-state index in [1.165, 1.54) is 44.9 Å². The Labute approximate surface area is 386 Å². The molecule has 4 atom stereocenters. The third-order valence-corrected chi connectivity index (χ3v) is 11.4. The molecule has 362 valence electrons. The Hall–Kier alpha value is -2.62. The fraction of sp³-hybridized carbons (Fsp3) is 0.679. The highest BCUT2D eigenvalue weighted by Gasteiger charge is 2.31. The molecule has 0 aliphatic rings. The monoisotopic (exact) mass is 902 g/mol. The van der Waals surface area contributed by atoms with Gasteiger partial charge >= 0.3 is 7.82 Å². The van der Waals surface area contributed by atoms with Crippen LogP contribution in [-0.2, 0) is 18.4 Å². The topological polar surface area (TPSA) is 125 Å². The van der Waals surface area contributed by atoms with Gasteiger partial charge in [-0.05, 0) is 103 Å².